The van der Waals surface area contributed by atoms with E-state index in [1.807, 2.05) is 19.9 Å². The van der Waals surface area contributed by atoms with Gasteiger partial charge >= 0.3 is 5.97 Å². The molecule has 0 saturated heterocycles. The molecule has 0 bridgehead atoms. The third-order valence-electron chi connectivity index (χ3n) is 1.72. The molecule has 1 aromatic carbocycles. The summed E-state index contributed by atoms with van der Waals surface area (Å²) in [6.45, 7) is 4.26. The zero-order valence-electron chi connectivity index (χ0n) is 9.45. The van der Waals surface area contributed by atoms with Crippen LogP contribution >= 0.6 is 0 Å². The SMILES string of the molecule is CCC#CC(=O)Oc1ccccc1OCC. The Balaban J connectivity index is 2.76. The zero-order valence-corrected chi connectivity index (χ0v) is 9.45. The van der Waals surface area contributed by atoms with E-state index < -0.39 is 5.97 Å². The number of para-hydroxylation sites is 2. The molecular formula is C13H14O3. The standard InChI is InChI=1S/C13H14O3/c1-3-5-10-13(14)16-12-9-7-6-8-11(12)15-4-2/h6-9H,3-4H2,1-2H3. The lowest BCUT2D eigenvalue weighted by Gasteiger charge is -2.07. The minimum Gasteiger partial charge on any atom is -0.490 e. The molecule has 0 aliphatic heterocycles. The molecule has 0 atom stereocenters. The van der Waals surface area contributed by atoms with Crippen LogP contribution in [-0.4, -0.2) is 12.6 Å². The molecule has 0 saturated carbocycles. The van der Waals surface area contributed by atoms with Crippen LogP contribution in [0.5, 0.6) is 11.5 Å². The summed E-state index contributed by atoms with van der Waals surface area (Å²) in [5.74, 6) is 5.43. The second kappa shape index (κ2) is 6.52. The van der Waals surface area contributed by atoms with Gasteiger partial charge in [0, 0.05) is 12.3 Å². The minimum absolute atomic E-state index is 0.403. The van der Waals surface area contributed by atoms with Gasteiger partial charge in [0.15, 0.2) is 11.5 Å². The van der Waals surface area contributed by atoms with Crippen LogP contribution in [0.1, 0.15) is 20.3 Å². The van der Waals surface area contributed by atoms with E-state index in [1.54, 1.807) is 18.2 Å². The average molecular weight is 218 g/mol. The maximum absolute atomic E-state index is 11.3. The van der Waals surface area contributed by atoms with Gasteiger partial charge < -0.3 is 9.47 Å². The van der Waals surface area contributed by atoms with Gasteiger partial charge in [-0.25, -0.2) is 4.79 Å². The summed E-state index contributed by atoms with van der Waals surface area (Å²) in [6, 6.07) is 7.02. The Hall–Kier alpha value is -1.95. The van der Waals surface area contributed by atoms with E-state index in [0.717, 1.165) is 0 Å². The third-order valence-corrected chi connectivity index (χ3v) is 1.72. The van der Waals surface area contributed by atoms with Gasteiger partial charge in [0.2, 0.25) is 0 Å². The van der Waals surface area contributed by atoms with Crippen molar-refractivity contribution in [3.8, 4) is 23.3 Å². The molecule has 0 radical (unpaired) electrons. The molecule has 16 heavy (non-hydrogen) atoms. The summed E-state index contributed by atoms with van der Waals surface area (Å²) in [6.07, 6.45) is 0.627. The van der Waals surface area contributed by atoms with Crippen molar-refractivity contribution < 1.29 is 14.3 Å². The Labute approximate surface area is 95.4 Å². The summed E-state index contributed by atoms with van der Waals surface area (Å²) in [7, 11) is 0. The molecule has 3 nitrogen and oxygen atoms in total. The van der Waals surface area contributed by atoms with E-state index in [9.17, 15) is 4.79 Å². The number of benzene rings is 1. The number of hydrogen-bond donors (Lipinski definition) is 0. The number of carbonyl (C=O) groups excluding carboxylic acids is 1. The van der Waals surface area contributed by atoms with Crippen molar-refractivity contribution in [2.75, 3.05) is 6.61 Å². The zero-order chi connectivity index (χ0) is 11.8. The highest BCUT2D eigenvalue weighted by atomic mass is 16.6. The minimum atomic E-state index is -0.561. The number of esters is 1. The van der Waals surface area contributed by atoms with E-state index in [0.29, 0.717) is 24.5 Å². The Morgan fingerprint density at radius 1 is 1.25 bits per heavy atom. The fourth-order valence-electron chi connectivity index (χ4n) is 1.10. The van der Waals surface area contributed by atoms with Crippen LogP contribution in [0.15, 0.2) is 24.3 Å². The summed E-state index contributed by atoms with van der Waals surface area (Å²) in [5.41, 5.74) is 0. The van der Waals surface area contributed by atoms with Crippen molar-refractivity contribution in [2.45, 2.75) is 20.3 Å². The largest absolute Gasteiger partial charge is 0.490 e. The molecule has 0 aromatic heterocycles. The monoisotopic (exact) mass is 218 g/mol. The molecule has 0 amide bonds. The average Bonchev–Trinajstić information content (AvgIpc) is 2.29. The maximum Gasteiger partial charge on any atom is 0.389 e. The van der Waals surface area contributed by atoms with Gasteiger partial charge in [0.25, 0.3) is 0 Å². The van der Waals surface area contributed by atoms with E-state index in [2.05, 4.69) is 11.8 Å². The smallest absolute Gasteiger partial charge is 0.389 e. The molecule has 84 valence electrons. The lowest BCUT2D eigenvalue weighted by molar-refractivity contribution is -0.128. The van der Waals surface area contributed by atoms with E-state index in [1.165, 1.54) is 0 Å². The highest BCUT2D eigenvalue weighted by Gasteiger charge is 2.06. The molecular weight excluding hydrogens is 204 g/mol. The van der Waals surface area contributed by atoms with Gasteiger partial charge in [-0.2, -0.15) is 0 Å². The van der Waals surface area contributed by atoms with Gasteiger partial charge in [-0.1, -0.05) is 25.0 Å². The van der Waals surface area contributed by atoms with Crippen molar-refractivity contribution in [3.63, 3.8) is 0 Å². The Morgan fingerprint density at radius 2 is 1.94 bits per heavy atom. The van der Waals surface area contributed by atoms with E-state index in [4.69, 9.17) is 9.47 Å². The molecule has 0 fully saturated rings. The molecule has 3 heteroatoms. The summed E-state index contributed by atoms with van der Waals surface area (Å²) < 4.78 is 10.4. The normalized spacial score (nSPS) is 8.88. The fraction of sp³-hybridized carbons (Fsp3) is 0.308. The topological polar surface area (TPSA) is 35.5 Å². The first-order valence-corrected chi connectivity index (χ1v) is 5.20. The number of carbonyl (C=O) groups is 1. The highest BCUT2D eigenvalue weighted by Crippen LogP contribution is 2.26. The molecule has 0 heterocycles. The van der Waals surface area contributed by atoms with Crippen molar-refractivity contribution in [3.05, 3.63) is 24.3 Å². The van der Waals surface area contributed by atoms with Crippen LogP contribution < -0.4 is 9.47 Å². The molecule has 1 rings (SSSR count). The van der Waals surface area contributed by atoms with Crippen LogP contribution in [0.4, 0.5) is 0 Å². The number of ether oxygens (including phenoxy) is 2. The molecule has 0 aliphatic rings. The lowest BCUT2D eigenvalue weighted by Crippen LogP contribution is -2.06. The first-order chi connectivity index (χ1) is 7.77. The molecule has 0 N–H and O–H groups in total. The predicted octanol–water partition coefficient (Wildman–Crippen LogP) is 2.40. The van der Waals surface area contributed by atoms with Crippen LogP contribution in [0.3, 0.4) is 0 Å². The maximum atomic E-state index is 11.3. The Morgan fingerprint density at radius 3 is 2.56 bits per heavy atom. The van der Waals surface area contributed by atoms with Gasteiger partial charge in [-0.05, 0) is 19.1 Å². The van der Waals surface area contributed by atoms with Crippen molar-refractivity contribution >= 4 is 5.97 Å². The fourth-order valence-corrected chi connectivity index (χ4v) is 1.10. The van der Waals surface area contributed by atoms with Crippen LogP contribution in [-0.2, 0) is 4.79 Å². The van der Waals surface area contributed by atoms with Crippen molar-refractivity contribution in [1.82, 2.24) is 0 Å². The van der Waals surface area contributed by atoms with Crippen LogP contribution in [0.25, 0.3) is 0 Å². The van der Waals surface area contributed by atoms with Gasteiger partial charge in [0.1, 0.15) is 0 Å². The van der Waals surface area contributed by atoms with Crippen LogP contribution in [0.2, 0.25) is 0 Å². The molecule has 1 aromatic rings. The molecule has 0 aliphatic carbocycles. The number of rotatable bonds is 3. The molecule has 0 unspecified atom stereocenters. The first-order valence-electron chi connectivity index (χ1n) is 5.20. The van der Waals surface area contributed by atoms with E-state index in [-0.39, 0.29) is 0 Å². The van der Waals surface area contributed by atoms with Gasteiger partial charge in [0.05, 0.1) is 6.61 Å². The van der Waals surface area contributed by atoms with Gasteiger partial charge in [-0.15, -0.1) is 0 Å². The number of hydrogen-bond acceptors (Lipinski definition) is 3. The second-order valence-electron chi connectivity index (χ2n) is 2.92. The van der Waals surface area contributed by atoms with Crippen LogP contribution in [0, 0.1) is 11.8 Å². The Bertz CT molecular complexity index is 413. The summed E-state index contributed by atoms with van der Waals surface area (Å²) in [5, 5.41) is 0. The van der Waals surface area contributed by atoms with Crippen molar-refractivity contribution in [2.24, 2.45) is 0 Å². The quantitative estimate of drug-likeness (QED) is 0.338. The van der Waals surface area contributed by atoms with Crippen molar-refractivity contribution in [1.29, 1.82) is 0 Å². The third kappa shape index (κ3) is 3.66. The molecule has 0 spiro atoms. The Kier molecular flexibility index (Phi) is 4.94. The van der Waals surface area contributed by atoms with E-state index >= 15 is 0 Å². The van der Waals surface area contributed by atoms with Gasteiger partial charge in [-0.3, -0.25) is 0 Å². The second-order valence-corrected chi connectivity index (χ2v) is 2.92. The highest BCUT2D eigenvalue weighted by molar-refractivity contribution is 5.90. The summed E-state index contributed by atoms with van der Waals surface area (Å²) in [4.78, 5) is 11.3. The lowest BCUT2D eigenvalue weighted by atomic mass is 10.3. The first kappa shape index (κ1) is 12.1. The predicted molar refractivity (Wildman–Crippen MR) is 61.3 cm³/mol. The summed E-state index contributed by atoms with van der Waals surface area (Å²) >= 11 is 0.